The molecule has 5 nitrogen and oxygen atoms in total. The topological polar surface area (TPSA) is 63.4 Å². The van der Waals surface area contributed by atoms with Crippen LogP contribution in [0.15, 0.2) is 6.07 Å². The minimum atomic E-state index is -0.595. The van der Waals surface area contributed by atoms with E-state index in [0.29, 0.717) is 18.0 Å². The Labute approximate surface area is 107 Å². The Morgan fingerprint density at radius 1 is 1.33 bits per heavy atom. The van der Waals surface area contributed by atoms with Crippen LogP contribution >= 0.6 is 0 Å². The van der Waals surface area contributed by atoms with Gasteiger partial charge in [0.1, 0.15) is 18.7 Å². The molecular weight excluding hydrogens is 234 g/mol. The van der Waals surface area contributed by atoms with Gasteiger partial charge in [0.2, 0.25) is 5.75 Å². The predicted octanol–water partition coefficient (Wildman–Crippen LogP) is 0.0321. The summed E-state index contributed by atoms with van der Waals surface area (Å²) in [6, 6.07) is 1.85. The first-order chi connectivity index (χ1) is 8.51. The molecule has 1 aromatic rings. The van der Waals surface area contributed by atoms with Crippen molar-refractivity contribution in [2.45, 2.75) is 19.1 Å². The number of nitrogens with one attached hydrogen (secondary N) is 1. The average molecular weight is 254 g/mol. The summed E-state index contributed by atoms with van der Waals surface area (Å²) in [6.45, 7) is 2.63. The maximum absolute atomic E-state index is 10.3. The molecule has 1 aliphatic heterocycles. The van der Waals surface area contributed by atoms with E-state index in [9.17, 15) is 10.2 Å². The quantitative estimate of drug-likeness (QED) is 0.697. The number of hydrogen-bond donors (Lipinski definition) is 3. The second kappa shape index (κ2) is 4.66. The molecule has 100 valence electrons. The van der Waals surface area contributed by atoms with Gasteiger partial charge in [0.25, 0.3) is 0 Å². The number of quaternary nitrogens is 1. The lowest BCUT2D eigenvalue weighted by Crippen LogP contribution is -3.10. The lowest BCUT2D eigenvalue weighted by Gasteiger charge is -2.33. The first kappa shape index (κ1) is 13.0. The number of aromatic hydroxyl groups is 1. The number of phenols is 1. The number of aliphatic hydroxyl groups excluding tert-OH is 1. The highest BCUT2D eigenvalue weighted by atomic mass is 16.5. The minimum absolute atomic E-state index is 0.0671. The van der Waals surface area contributed by atoms with Gasteiger partial charge in [-0.3, -0.25) is 0 Å². The summed E-state index contributed by atoms with van der Waals surface area (Å²) in [6.07, 6.45) is -0.595. The molecule has 0 saturated heterocycles. The van der Waals surface area contributed by atoms with E-state index in [1.165, 1.54) is 14.2 Å². The zero-order chi connectivity index (χ0) is 13.4. The van der Waals surface area contributed by atoms with Gasteiger partial charge in [-0.1, -0.05) is 0 Å². The van der Waals surface area contributed by atoms with Gasteiger partial charge in [0.15, 0.2) is 11.5 Å². The van der Waals surface area contributed by atoms with E-state index in [0.717, 1.165) is 16.0 Å². The Kier molecular flexibility index (Phi) is 3.36. The molecule has 0 amide bonds. The van der Waals surface area contributed by atoms with Crippen LogP contribution < -0.4 is 14.4 Å². The molecule has 1 unspecified atom stereocenters. The summed E-state index contributed by atoms with van der Waals surface area (Å²) < 4.78 is 10.4. The molecule has 2 rings (SSSR count). The van der Waals surface area contributed by atoms with Crippen LogP contribution in [0.25, 0.3) is 0 Å². The molecule has 0 bridgehead atoms. The highest BCUT2D eigenvalue weighted by molar-refractivity contribution is 5.59. The first-order valence-corrected chi connectivity index (χ1v) is 5.99. The predicted molar refractivity (Wildman–Crippen MR) is 66.3 cm³/mol. The molecule has 0 radical (unpaired) electrons. The van der Waals surface area contributed by atoms with Crippen LogP contribution in [0.4, 0.5) is 0 Å². The van der Waals surface area contributed by atoms with Gasteiger partial charge in [0.05, 0.1) is 26.8 Å². The van der Waals surface area contributed by atoms with Crippen molar-refractivity contribution in [2.75, 3.05) is 27.8 Å². The number of methoxy groups -OCH3 is 2. The van der Waals surface area contributed by atoms with Gasteiger partial charge in [-0.2, -0.15) is 0 Å². The monoisotopic (exact) mass is 254 g/mol. The van der Waals surface area contributed by atoms with Crippen LogP contribution in [0, 0.1) is 0 Å². The third kappa shape index (κ3) is 1.79. The fourth-order valence-corrected chi connectivity index (χ4v) is 2.58. The standard InChI is InChI=1S/C13H19NO4/c1-7-11-8(9(15)6-14(7)2)5-10(17-3)13(18-4)12(11)16/h5,7,9,15-16H,6H2,1-4H3/p+1/t7-,9-/m1/s1. The summed E-state index contributed by atoms with van der Waals surface area (Å²) in [7, 11) is 5.00. The van der Waals surface area contributed by atoms with Crippen molar-refractivity contribution >= 4 is 0 Å². The number of hydrogen-bond acceptors (Lipinski definition) is 4. The van der Waals surface area contributed by atoms with Gasteiger partial charge >= 0.3 is 0 Å². The third-order valence-corrected chi connectivity index (χ3v) is 3.76. The SMILES string of the molecule is COc1cc2c(c(O)c1OC)[C@@H](C)[NH+](C)C[C@H]2O. The molecule has 18 heavy (non-hydrogen) atoms. The van der Waals surface area contributed by atoms with E-state index in [4.69, 9.17) is 9.47 Å². The van der Waals surface area contributed by atoms with E-state index >= 15 is 0 Å². The molecule has 0 aromatic heterocycles. The number of aliphatic hydroxyl groups is 1. The molecule has 0 fully saturated rings. The summed E-state index contributed by atoms with van der Waals surface area (Å²) in [5.74, 6) is 0.835. The Bertz CT molecular complexity index is 461. The van der Waals surface area contributed by atoms with Gasteiger partial charge in [-0.15, -0.1) is 0 Å². The maximum atomic E-state index is 10.3. The zero-order valence-corrected chi connectivity index (χ0v) is 11.2. The molecule has 0 aliphatic carbocycles. The van der Waals surface area contributed by atoms with Gasteiger partial charge in [-0.25, -0.2) is 0 Å². The highest BCUT2D eigenvalue weighted by Gasteiger charge is 2.35. The molecule has 5 heteroatoms. The summed E-state index contributed by atoms with van der Waals surface area (Å²) in [5.41, 5.74) is 1.46. The summed E-state index contributed by atoms with van der Waals surface area (Å²) in [5, 5.41) is 20.5. The van der Waals surface area contributed by atoms with Gasteiger partial charge < -0.3 is 24.6 Å². The molecule has 1 aliphatic rings. The van der Waals surface area contributed by atoms with Crippen LogP contribution in [-0.4, -0.2) is 38.0 Å². The Morgan fingerprint density at radius 2 is 2.00 bits per heavy atom. The van der Waals surface area contributed by atoms with Gasteiger partial charge in [0, 0.05) is 5.56 Å². The number of ether oxygens (including phenoxy) is 2. The number of likely N-dealkylation sites (N-methyl/N-ethyl adjacent to an activating group) is 1. The van der Waals surface area contributed by atoms with Crippen LogP contribution in [0.3, 0.4) is 0 Å². The largest absolute Gasteiger partial charge is 0.504 e. The van der Waals surface area contributed by atoms with E-state index in [2.05, 4.69) is 0 Å². The molecule has 1 heterocycles. The van der Waals surface area contributed by atoms with Crippen molar-refractivity contribution in [2.24, 2.45) is 0 Å². The minimum Gasteiger partial charge on any atom is -0.504 e. The molecule has 0 spiro atoms. The van der Waals surface area contributed by atoms with E-state index < -0.39 is 6.10 Å². The Hall–Kier alpha value is -1.46. The summed E-state index contributed by atoms with van der Waals surface area (Å²) >= 11 is 0. The lowest BCUT2D eigenvalue weighted by molar-refractivity contribution is -0.916. The molecule has 3 N–H and O–H groups in total. The van der Waals surface area contributed by atoms with E-state index in [1.54, 1.807) is 6.07 Å². The van der Waals surface area contributed by atoms with E-state index in [-0.39, 0.29) is 11.8 Å². The van der Waals surface area contributed by atoms with Crippen molar-refractivity contribution in [1.29, 1.82) is 0 Å². The Balaban J connectivity index is 2.67. The second-order valence-corrected chi connectivity index (χ2v) is 4.75. The molecule has 0 saturated carbocycles. The number of benzene rings is 1. The smallest absolute Gasteiger partial charge is 0.203 e. The van der Waals surface area contributed by atoms with Crippen LogP contribution in [0.5, 0.6) is 17.2 Å². The maximum Gasteiger partial charge on any atom is 0.203 e. The van der Waals surface area contributed by atoms with Gasteiger partial charge in [-0.05, 0) is 13.0 Å². The van der Waals surface area contributed by atoms with Crippen molar-refractivity contribution in [3.63, 3.8) is 0 Å². The summed E-state index contributed by atoms with van der Waals surface area (Å²) in [4.78, 5) is 1.15. The van der Waals surface area contributed by atoms with Crippen LogP contribution in [0.1, 0.15) is 30.2 Å². The molecular formula is C13H20NO4+. The average Bonchev–Trinajstić information content (AvgIpc) is 2.35. The van der Waals surface area contributed by atoms with Crippen LogP contribution in [0.2, 0.25) is 0 Å². The number of phenolic OH excluding ortho intramolecular Hbond substituents is 1. The first-order valence-electron chi connectivity index (χ1n) is 5.99. The third-order valence-electron chi connectivity index (χ3n) is 3.76. The fourth-order valence-electron chi connectivity index (χ4n) is 2.58. The number of fused-ring (bicyclic) bond motifs is 1. The Morgan fingerprint density at radius 3 is 2.56 bits per heavy atom. The van der Waals surface area contributed by atoms with Crippen molar-refractivity contribution in [3.8, 4) is 17.2 Å². The van der Waals surface area contributed by atoms with Crippen molar-refractivity contribution in [3.05, 3.63) is 17.2 Å². The highest BCUT2D eigenvalue weighted by Crippen LogP contribution is 2.45. The normalized spacial score (nSPS) is 26.6. The van der Waals surface area contributed by atoms with Crippen molar-refractivity contribution in [1.82, 2.24) is 0 Å². The fraction of sp³-hybridized carbons (Fsp3) is 0.538. The zero-order valence-electron chi connectivity index (χ0n) is 11.2. The number of rotatable bonds is 2. The van der Waals surface area contributed by atoms with Crippen molar-refractivity contribution < 1.29 is 24.6 Å². The lowest BCUT2D eigenvalue weighted by atomic mass is 9.90. The molecule has 3 atom stereocenters. The van der Waals surface area contributed by atoms with Crippen LogP contribution in [-0.2, 0) is 0 Å². The molecule has 1 aromatic carbocycles. The second-order valence-electron chi connectivity index (χ2n) is 4.75. The van der Waals surface area contributed by atoms with E-state index in [1.807, 2.05) is 14.0 Å².